The third-order valence-corrected chi connectivity index (χ3v) is 4.25. The molecule has 0 aliphatic rings. The average Bonchev–Trinajstić information content (AvgIpc) is 3.00. The molecule has 2 aromatic carbocycles. The Morgan fingerprint density at radius 1 is 1.14 bits per heavy atom. The Bertz CT molecular complexity index is 812. The summed E-state index contributed by atoms with van der Waals surface area (Å²) in [5, 5.41) is 3.76. The third-order valence-electron chi connectivity index (χ3n) is 3.12. The predicted octanol–water partition coefficient (Wildman–Crippen LogP) is 4.90. The summed E-state index contributed by atoms with van der Waals surface area (Å²) < 4.78 is 13.0. The molecule has 0 spiro atoms. The van der Waals surface area contributed by atoms with Gasteiger partial charge in [0.15, 0.2) is 10.8 Å². The number of benzene rings is 2. The molecule has 0 saturated carbocycles. The zero-order chi connectivity index (χ0) is 15.5. The van der Waals surface area contributed by atoms with Crippen LogP contribution in [0.2, 0.25) is 0 Å². The normalized spacial score (nSPS) is 10.5. The van der Waals surface area contributed by atoms with E-state index in [9.17, 15) is 9.18 Å². The van der Waals surface area contributed by atoms with E-state index >= 15 is 0 Å². The van der Waals surface area contributed by atoms with E-state index in [0.29, 0.717) is 5.01 Å². The maximum absolute atomic E-state index is 13.0. The van der Waals surface area contributed by atoms with Gasteiger partial charge in [0.25, 0.3) is 0 Å². The van der Waals surface area contributed by atoms with Gasteiger partial charge in [-0.2, -0.15) is 0 Å². The van der Waals surface area contributed by atoms with Crippen molar-refractivity contribution in [2.75, 3.05) is 5.32 Å². The number of hydrogen-bond acceptors (Lipinski definition) is 4. The summed E-state index contributed by atoms with van der Waals surface area (Å²) in [6, 6.07) is 13.9. The highest BCUT2D eigenvalue weighted by Gasteiger charge is 2.11. The van der Waals surface area contributed by atoms with Gasteiger partial charge >= 0.3 is 0 Å². The van der Waals surface area contributed by atoms with Gasteiger partial charge in [0.05, 0.1) is 4.88 Å². The maximum Gasteiger partial charge on any atom is 0.188 e. The van der Waals surface area contributed by atoms with E-state index < -0.39 is 0 Å². The van der Waals surface area contributed by atoms with E-state index in [1.54, 1.807) is 18.3 Å². The summed E-state index contributed by atoms with van der Waals surface area (Å²) in [4.78, 5) is 16.5. The molecule has 1 N–H and O–H groups in total. The molecule has 0 radical (unpaired) electrons. The van der Waals surface area contributed by atoms with Crippen molar-refractivity contribution in [1.29, 1.82) is 0 Å². The van der Waals surface area contributed by atoms with E-state index in [1.807, 2.05) is 24.3 Å². The molecule has 0 fully saturated rings. The molecule has 1 aromatic heterocycles. The molecule has 0 unspecified atom stereocenters. The smallest absolute Gasteiger partial charge is 0.188 e. The zero-order valence-corrected chi connectivity index (χ0v) is 12.7. The third kappa shape index (κ3) is 3.04. The van der Waals surface area contributed by atoms with Crippen molar-refractivity contribution in [1.82, 2.24) is 4.98 Å². The molecule has 0 aliphatic heterocycles. The minimum absolute atomic E-state index is 0.0415. The molecule has 110 valence electrons. The number of aromatic nitrogens is 1. The number of carbonyl (C=O) groups excluding carboxylic acids is 1. The highest BCUT2D eigenvalue weighted by atomic mass is 32.1. The van der Waals surface area contributed by atoms with Crippen LogP contribution in [0.25, 0.3) is 10.4 Å². The number of nitrogens with one attached hydrogen (secondary N) is 1. The summed E-state index contributed by atoms with van der Waals surface area (Å²) in [5.41, 5.74) is 2.63. The number of halogens is 1. The van der Waals surface area contributed by atoms with E-state index in [0.717, 1.165) is 21.8 Å². The first-order valence-corrected chi connectivity index (χ1v) is 7.54. The first-order chi connectivity index (χ1) is 10.6. The minimum Gasteiger partial charge on any atom is -0.355 e. The van der Waals surface area contributed by atoms with E-state index in [2.05, 4.69) is 10.3 Å². The summed E-state index contributed by atoms with van der Waals surface area (Å²) in [5.74, 6) is -0.312. The van der Waals surface area contributed by atoms with E-state index in [1.165, 1.54) is 30.4 Å². The largest absolute Gasteiger partial charge is 0.355 e. The Morgan fingerprint density at radius 2 is 1.86 bits per heavy atom. The van der Waals surface area contributed by atoms with Crippen molar-refractivity contribution in [2.24, 2.45) is 0 Å². The van der Waals surface area contributed by atoms with Crippen molar-refractivity contribution < 1.29 is 9.18 Å². The second-order valence-electron chi connectivity index (χ2n) is 4.76. The quantitative estimate of drug-likeness (QED) is 0.697. The fourth-order valence-electron chi connectivity index (χ4n) is 2.06. The molecule has 5 heteroatoms. The van der Waals surface area contributed by atoms with Crippen molar-refractivity contribution in [3.63, 3.8) is 0 Å². The number of para-hydroxylation sites is 1. The number of Topliss-reactive ketones (excluding diaryl/α,β-unsaturated/α-hetero) is 1. The van der Waals surface area contributed by atoms with E-state index in [-0.39, 0.29) is 11.6 Å². The fourth-order valence-corrected chi connectivity index (χ4v) is 2.91. The van der Waals surface area contributed by atoms with Gasteiger partial charge in [-0.25, -0.2) is 9.37 Å². The maximum atomic E-state index is 13.0. The SMILES string of the molecule is CC(=O)c1ncc(-c2ccccc2Nc2ccc(F)cc2)s1. The van der Waals surface area contributed by atoms with Crippen LogP contribution in [0, 0.1) is 5.82 Å². The summed E-state index contributed by atoms with van der Waals surface area (Å²) in [6.45, 7) is 1.51. The fraction of sp³-hybridized carbons (Fsp3) is 0.0588. The van der Waals surface area contributed by atoms with Gasteiger partial charge in [-0.05, 0) is 30.3 Å². The lowest BCUT2D eigenvalue weighted by molar-refractivity contribution is 0.101. The summed E-state index contributed by atoms with van der Waals surface area (Å²) >= 11 is 1.36. The predicted molar refractivity (Wildman–Crippen MR) is 87.2 cm³/mol. The van der Waals surface area contributed by atoms with Crippen LogP contribution in [-0.2, 0) is 0 Å². The lowest BCUT2D eigenvalue weighted by Gasteiger charge is -2.10. The van der Waals surface area contributed by atoms with Gasteiger partial charge in [-0.1, -0.05) is 18.2 Å². The number of carbonyl (C=O) groups is 1. The van der Waals surface area contributed by atoms with Crippen molar-refractivity contribution in [3.8, 4) is 10.4 Å². The van der Waals surface area contributed by atoms with Gasteiger partial charge in [0.1, 0.15) is 5.82 Å². The number of anilines is 2. The molecule has 0 amide bonds. The minimum atomic E-state index is -0.271. The lowest BCUT2D eigenvalue weighted by atomic mass is 10.1. The first-order valence-electron chi connectivity index (χ1n) is 6.72. The molecule has 3 rings (SSSR count). The van der Waals surface area contributed by atoms with Crippen LogP contribution in [0.5, 0.6) is 0 Å². The van der Waals surface area contributed by atoms with Crippen LogP contribution in [0.1, 0.15) is 16.7 Å². The molecule has 0 aliphatic carbocycles. The molecular weight excluding hydrogens is 299 g/mol. The van der Waals surface area contributed by atoms with E-state index in [4.69, 9.17) is 0 Å². The average molecular weight is 312 g/mol. The molecule has 3 nitrogen and oxygen atoms in total. The Morgan fingerprint density at radius 3 is 2.55 bits per heavy atom. The highest BCUT2D eigenvalue weighted by molar-refractivity contribution is 7.17. The monoisotopic (exact) mass is 312 g/mol. The van der Waals surface area contributed by atoms with Gasteiger partial charge in [-0.15, -0.1) is 11.3 Å². The Kier molecular flexibility index (Phi) is 3.98. The number of ketones is 1. The zero-order valence-electron chi connectivity index (χ0n) is 11.8. The van der Waals surface area contributed by atoms with Gasteiger partial charge in [0.2, 0.25) is 0 Å². The number of hydrogen-bond donors (Lipinski definition) is 1. The molecular formula is C17H13FN2OS. The molecule has 22 heavy (non-hydrogen) atoms. The Hall–Kier alpha value is -2.53. The van der Waals surface area contributed by atoms with Crippen molar-refractivity contribution in [3.05, 3.63) is 65.6 Å². The molecule has 3 aromatic rings. The second-order valence-corrected chi connectivity index (χ2v) is 5.79. The second kappa shape index (κ2) is 6.07. The van der Waals surface area contributed by atoms with Crippen LogP contribution >= 0.6 is 11.3 Å². The number of rotatable bonds is 4. The first kappa shape index (κ1) is 14.4. The molecule has 0 saturated heterocycles. The topological polar surface area (TPSA) is 42.0 Å². The van der Waals surface area contributed by atoms with Gasteiger partial charge in [-0.3, -0.25) is 4.79 Å². The number of thiazole rings is 1. The Labute approximate surface area is 131 Å². The van der Waals surface area contributed by atoms with Gasteiger partial charge < -0.3 is 5.32 Å². The van der Waals surface area contributed by atoms with Gasteiger partial charge in [0, 0.05) is 30.1 Å². The van der Waals surface area contributed by atoms with Crippen molar-refractivity contribution in [2.45, 2.75) is 6.92 Å². The van der Waals surface area contributed by atoms with Crippen LogP contribution in [-0.4, -0.2) is 10.8 Å². The van der Waals surface area contributed by atoms with Crippen LogP contribution < -0.4 is 5.32 Å². The standard InChI is InChI=1S/C17H13FN2OS/c1-11(21)17-19-10-16(22-17)14-4-2-3-5-15(14)20-13-8-6-12(18)7-9-13/h2-10,20H,1H3. The summed E-state index contributed by atoms with van der Waals surface area (Å²) in [6.07, 6.45) is 1.70. The van der Waals surface area contributed by atoms with Crippen LogP contribution in [0.4, 0.5) is 15.8 Å². The molecule has 0 bridgehead atoms. The van der Waals surface area contributed by atoms with Crippen LogP contribution in [0.3, 0.4) is 0 Å². The van der Waals surface area contributed by atoms with Crippen LogP contribution in [0.15, 0.2) is 54.7 Å². The summed E-state index contributed by atoms with van der Waals surface area (Å²) in [7, 11) is 0. The van der Waals surface area contributed by atoms with Crippen molar-refractivity contribution >= 4 is 28.5 Å². The lowest BCUT2D eigenvalue weighted by Crippen LogP contribution is -1.92. The highest BCUT2D eigenvalue weighted by Crippen LogP contribution is 2.33. The Balaban J connectivity index is 1.95. The molecule has 0 atom stereocenters. The number of nitrogens with zero attached hydrogens (tertiary/aromatic N) is 1. The molecule has 1 heterocycles.